The molecule has 2 atom stereocenters. The first kappa shape index (κ1) is 13.8. The molecule has 1 aromatic carbocycles. The van der Waals surface area contributed by atoms with Gasteiger partial charge < -0.3 is 0 Å². The highest BCUT2D eigenvalue weighted by Gasteiger charge is 2.30. The number of ketones is 1. The number of Topliss-reactive ketones (excluding diaryl/α,β-unsaturated/α-hetero) is 1. The summed E-state index contributed by atoms with van der Waals surface area (Å²) in [6.07, 6.45) is 5.92. The highest BCUT2D eigenvalue weighted by atomic mass is 79.9. The van der Waals surface area contributed by atoms with Crippen molar-refractivity contribution in [2.45, 2.75) is 46.0 Å². The normalized spacial score (nSPS) is 23.9. The average molecular weight is 309 g/mol. The summed E-state index contributed by atoms with van der Waals surface area (Å²) in [5.41, 5.74) is 2.00. The second-order valence-electron chi connectivity index (χ2n) is 5.34. The highest BCUT2D eigenvalue weighted by Crippen LogP contribution is 2.35. The summed E-state index contributed by atoms with van der Waals surface area (Å²) in [5.74, 6) is 1.20. The van der Waals surface area contributed by atoms with Gasteiger partial charge in [-0.25, -0.2) is 0 Å². The zero-order chi connectivity index (χ0) is 13.1. The molecule has 0 bridgehead atoms. The minimum absolute atomic E-state index is 0.247. The Balaban J connectivity index is 2.27. The standard InChI is InChI=1S/C16H21BrO/c1-3-12-7-4-5-8-14(12)16(18)13-9-6-10-15(17)11(13)2/h6,9-10,12,14H,3-5,7-8H2,1-2H3. The molecule has 1 aromatic rings. The number of hydrogen-bond acceptors (Lipinski definition) is 1. The molecule has 1 nitrogen and oxygen atoms in total. The Morgan fingerprint density at radius 3 is 2.78 bits per heavy atom. The summed E-state index contributed by atoms with van der Waals surface area (Å²) in [4.78, 5) is 12.7. The molecule has 2 unspecified atom stereocenters. The fraction of sp³-hybridized carbons (Fsp3) is 0.562. The van der Waals surface area contributed by atoms with Crippen molar-refractivity contribution in [1.29, 1.82) is 0 Å². The van der Waals surface area contributed by atoms with Crippen molar-refractivity contribution >= 4 is 21.7 Å². The van der Waals surface area contributed by atoms with Crippen LogP contribution in [-0.2, 0) is 0 Å². The quantitative estimate of drug-likeness (QED) is 0.705. The van der Waals surface area contributed by atoms with Gasteiger partial charge in [0.15, 0.2) is 5.78 Å². The summed E-state index contributed by atoms with van der Waals surface area (Å²) in [5, 5.41) is 0. The second kappa shape index (κ2) is 6.01. The Labute approximate surface area is 118 Å². The van der Waals surface area contributed by atoms with E-state index in [1.54, 1.807) is 0 Å². The molecule has 0 saturated heterocycles. The van der Waals surface area contributed by atoms with Crippen molar-refractivity contribution in [3.05, 3.63) is 33.8 Å². The van der Waals surface area contributed by atoms with Crippen molar-refractivity contribution in [2.75, 3.05) is 0 Å². The molecule has 0 N–H and O–H groups in total. The van der Waals surface area contributed by atoms with Gasteiger partial charge in [-0.05, 0) is 37.3 Å². The van der Waals surface area contributed by atoms with Crippen molar-refractivity contribution in [3.8, 4) is 0 Å². The number of carbonyl (C=O) groups excluding carboxylic acids is 1. The summed E-state index contributed by atoms with van der Waals surface area (Å²) in [6.45, 7) is 4.24. The Bertz CT molecular complexity index is 439. The number of rotatable bonds is 3. The highest BCUT2D eigenvalue weighted by molar-refractivity contribution is 9.10. The minimum Gasteiger partial charge on any atom is -0.294 e. The van der Waals surface area contributed by atoms with Gasteiger partial charge in [-0.1, -0.05) is 54.2 Å². The van der Waals surface area contributed by atoms with Gasteiger partial charge in [-0.2, -0.15) is 0 Å². The number of halogens is 1. The van der Waals surface area contributed by atoms with Gasteiger partial charge in [-0.3, -0.25) is 4.79 Å². The lowest BCUT2D eigenvalue weighted by molar-refractivity contribution is 0.0819. The fourth-order valence-electron chi connectivity index (χ4n) is 3.12. The van der Waals surface area contributed by atoms with Crippen LogP contribution in [0.3, 0.4) is 0 Å². The van der Waals surface area contributed by atoms with Crippen LogP contribution in [0.25, 0.3) is 0 Å². The smallest absolute Gasteiger partial charge is 0.166 e. The molecular weight excluding hydrogens is 288 g/mol. The lowest BCUT2D eigenvalue weighted by atomic mass is 9.74. The van der Waals surface area contributed by atoms with Gasteiger partial charge in [0.05, 0.1) is 0 Å². The van der Waals surface area contributed by atoms with E-state index in [2.05, 4.69) is 22.9 Å². The van der Waals surface area contributed by atoms with Gasteiger partial charge in [0.25, 0.3) is 0 Å². The van der Waals surface area contributed by atoms with Gasteiger partial charge in [-0.15, -0.1) is 0 Å². The molecule has 1 saturated carbocycles. The fourth-order valence-corrected chi connectivity index (χ4v) is 3.48. The summed E-state index contributed by atoms with van der Waals surface area (Å²) >= 11 is 3.52. The van der Waals surface area contributed by atoms with E-state index in [1.165, 1.54) is 19.3 Å². The van der Waals surface area contributed by atoms with Crippen LogP contribution in [0, 0.1) is 18.8 Å². The Morgan fingerprint density at radius 1 is 1.33 bits per heavy atom. The molecule has 1 aliphatic carbocycles. The van der Waals surface area contributed by atoms with Crippen LogP contribution < -0.4 is 0 Å². The van der Waals surface area contributed by atoms with E-state index in [9.17, 15) is 4.79 Å². The number of hydrogen-bond donors (Lipinski definition) is 0. The molecule has 0 aliphatic heterocycles. The SMILES string of the molecule is CCC1CCCCC1C(=O)c1cccc(Br)c1C. The molecule has 98 valence electrons. The van der Waals surface area contributed by atoms with Crippen LogP contribution >= 0.6 is 15.9 Å². The van der Waals surface area contributed by atoms with Crippen molar-refractivity contribution in [3.63, 3.8) is 0 Å². The van der Waals surface area contributed by atoms with Gasteiger partial charge in [0, 0.05) is 16.0 Å². The Hall–Kier alpha value is -0.630. The maximum atomic E-state index is 12.7. The first-order valence-electron chi connectivity index (χ1n) is 6.94. The zero-order valence-electron chi connectivity index (χ0n) is 11.2. The van der Waals surface area contributed by atoms with E-state index in [0.717, 1.165) is 28.4 Å². The first-order valence-corrected chi connectivity index (χ1v) is 7.73. The molecule has 18 heavy (non-hydrogen) atoms. The summed E-state index contributed by atoms with van der Waals surface area (Å²) < 4.78 is 1.04. The number of benzene rings is 1. The van der Waals surface area contributed by atoms with E-state index in [-0.39, 0.29) is 5.92 Å². The third-order valence-corrected chi connectivity index (χ3v) is 5.16. The van der Waals surface area contributed by atoms with E-state index < -0.39 is 0 Å². The van der Waals surface area contributed by atoms with Crippen molar-refractivity contribution < 1.29 is 4.79 Å². The third-order valence-electron chi connectivity index (χ3n) is 4.30. The largest absolute Gasteiger partial charge is 0.294 e. The molecule has 1 aliphatic rings. The van der Waals surface area contributed by atoms with Gasteiger partial charge in [0.2, 0.25) is 0 Å². The molecule has 0 amide bonds. The zero-order valence-corrected chi connectivity index (χ0v) is 12.8. The molecule has 0 aromatic heterocycles. The second-order valence-corrected chi connectivity index (χ2v) is 6.19. The predicted octanol–water partition coefficient (Wildman–Crippen LogP) is 5.16. The maximum absolute atomic E-state index is 12.7. The third kappa shape index (κ3) is 2.69. The summed E-state index contributed by atoms with van der Waals surface area (Å²) in [7, 11) is 0. The van der Waals surface area contributed by atoms with Crippen molar-refractivity contribution in [2.24, 2.45) is 11.8 Å². The Kier molecular flexibility index (Phi) is 4.60. The topological polar surface area (TPSA) is 17.1 Å². The first-order chi connectivity index (χ1) is 8.65. The predicted molar refractivity (Wildman–Crippen MR) is 78.9 cm³/mol. The Morgan fingerprint density at radius 2 is 2.06 bits per heavy atom. The van der Waals surface area contributed by atoms with E-state index in [4.69, 9.17) is 0 Å². The maximum Gasteiger partial charge on any atom is 0.166 e. The molecule has 0 radical (unpaired) electrons. The molecule has 0 spiro atoms. The van der Waals surface area contributed by atoms with Crippen LogP contribution in [0.2, 0.25) is 0 Å². The minimum atomic E-state index is 0.247. The molecule has 2 rings (SSSR count). The van der Waals surface area contributed by atoms with Crippen LogP contribution in [0.5, 0.6) is 0 Å². The molecule has 1 fully saturated rings. The lowest BCUT2D eigenvalue weighted by Crippen LogP contribution is -2.27. The molecular formula is C16H21BrO. The van der Waals surface area contributed by atoms with Crippen LogP contribution in [0.15, 0.2) is 22.7 Å². The molecule has 2 heteroatoms. The number of carbonyl (C=O) groups is 1. The van der Waals surface area contributed by atoms with Gasteiger partial charge >= 0.3 is 0 Å². The molecule has 0 heterocycles. The van der Waals surface area contributed by atoms with E-state index in [1.807, 2.05) is 25.1 Å². The van der Waals surface area contributed by atoms with Crippen LogP contribution in [-0.4, -0.2) is 5.78 Å². The summed E-state index contributed by atoms with van der Waals surface area (Å²) in [6, 6.07) is 5.95. The van der Waals surface area contributed by atoms with Crippen molar-refractivity contribution in [1.82, 2.24) is 0 Å². The van der Waals surface area contributed by atoms with Crippen LogP contribution in [0.1, 0.15) is 54.9 Å². The van der Waals surface area contributed by atoms with Gasteiger partial charge in [0.1, 0.15) is 0 Å². The van der Waals surface area contributed by atoms with E-state index in [0.29, 0.717) is 11.7 Å². The monoisotopic (exact) mass is 308 g/mol. The van der Waals surface area contributed by atoms with Crippen LogP contribution in [0.4, 0.5) is 0 Å². The van der Waals surface area contributed by atoms with E-state index >= 15 is 0 Å². The average Bonchev–Trinajstić information content (AvgIpc) is 2.41. The lowest BCUT2D eigenvalue weighted by Gasteiger charge is -2.30.